The van der Waals surface area contributed by atoms with E-state index in [1.807, 2.05) is 0 Å². The van der Waals surface area contributed by atoms with Gasteiger partial charge in [-0.25, -0.2) is 9.59 Å². The number of thiophene rings is 1. The Bertz CT molecular complexity index is 547. The van der Waals surface area contributed by atoms with Crippen LogP contribution in [0.3, 0.4) is 0 Å². The van der Waals surface area contributed by atoms with Crippen LogP contribution in [0.4, 0.5) is 9.80 Å². The number of carboxylic acid groups (broad SMARTS) is 1. The van der Waals surface area contributed by atoms with Gasteiger partial charge in [-0.3, -0.25) is 5.32 Å². The summed E-state index contributed by atoms with van der Waals surface area (Å²) in [5.74, 6) is -1.07. The molecular formula is C11H10N2O4S. The third-order valence-corrected chi connectivity index (χ3v) is 2.99. The van der Waals surface area contributed by atoms with Gasteiger partial charge in [0.2, 0.25) is 0 Å². The molecule has 0 aliphatic rings. The van der Waals surface area contributed by atoms with Gasteiger partial charge in [0.15, 0.2) is 0 Å². The van der Waals surface area contributed by atoms with Crippen LogP contribution in [0.5, 0.6) is 0 Å². The van der Waals surface area contributed by atoms with Crippen LogP contribution < -0.4 is 10.6 Å². The Labute approximate surface area is 106 Å². The van der Waals surface area contributed by atoms with Crippen LogP contribution in [0, 0.1) is 0 Å². The van der Waals surface area contributed by atoms with E-state index >= 15 is 0 Å². The highest BCUT2D eigenvalue weighted by Gasteiger charge is 2.13. The van der Waals surface area contributed by atoms with Crippen LogP contribution in [0.1, 0.15) is 15.9 Å². The number of hydrogen-bond acceptors (Lipinski definition) is 4. The van der Waals surface area contributed by atoms with Gasteiger partial charge in [-0.05, 0) is 17.5 Å². The number of amides is 2. The van der Waals surface area contributed by atoms with Gasteiger partial charge in [-0.1, -0.05) is 0 Å². The summed E-state index contributed by atoms with van der Waals surface area (Å²) >= 11 is 1.16. The lowest BCUT2D eigenvalue weighted by Gasteiger charge is -2.05. The van der Waals surface area contributed by atoms with Crippen molar-refractivity contribution >= 4 is 28.3 Å². The molecule has 7 heteroatoms. The molecule has 0 saturated carbocycles. The van der Waals surface area contributed by atoms with Crippen LogP contribution in [0.2, 0.25) is 0 Å². The number of carboxylic acids is 1. The van der Waals surface area contributed by atoms with Crippen molar-refractivity contribution in [1.82, 2.24) is 5.32 Å². The maximum atomic E-state index is 11.5. The summed E-state index contributed by atoms with van der Waals surface area (Å²) in [6.07, 6.45) is 3.03. The monoisotopic (exact) mass is 266 g/mol. The molecule has 0 aliphatic carbocycles. The van der Waals surface area contributed by atoms with E-state index < -0.39 is 12.0 Å². The molecule has 0 fully saturated rings. The number of furan rings is 1. The van der Waals surface area contributed by atoms with Crippen LogP contribution in [0.15, 0.2) is 34.5 Å². The van der Waals surface area contributed by atoms with Crippen molar-refractivity contribution in [1.29, 1.82) is 0 Å². The Morgan fingerprint density at radius 1 is 1.39 bits per heavy atom. The number of anilines is 1. The lowest BCUT2D eigenvalue weighted by Crippen LogP contribution is -2.28. The normalized spacial score (nSPS) is 10.0. The minimum atomic E-state index is -1.07. The van der Waals surface area contributed by atoms with E-state index in [1.165, 1.54) is 18.6 Å². The fraction of sp³-hybridized carbons (Fsp3) is 0.0909. The second kappa shape index (κ2) is 5.37. The number of urea groups is 1. The number of hydrogen-bond donors (Lipinski definition) is 3. The van der Waals surface area contributed by atoms with Gasteiger partial charge in [0, 0.05) is 12.1 Å². The highest BCUT2D eigenvalue weighted by atomic mass is 32.1. The molecule has 94 valence electrons. The van der Waals surface area contributed by atoms with Crippen molar-refractivity contribution in [2.45, 2.75) is 6.54 Å². The maximum Gasteiger partial charge on any atom is 0.338 e. The molecule has 6 nitrogen and oxygen atoms in total. The first-order valence-corrected chi connectivity index (χ1v) is 5.91. The van der Waals surface area contributed by atoms with E-state index in [0.29, 0.717) is 11.5 Å². The van der Waals surface area contributed by atoms with Crippen LogP contribution in [-0.2, 0) is 6.54 Å². The first kappa shape index (κ1) is 12.2. The summed E-state index contributed by atoms with van der Waals surface area (Å²) < 4.78 is 4.86. The van der Waals surface area contributed by atoms with Gasteiger partial charge < -0.3 is 14.8 Å². The van der Waals surface area contributed by atoms with Crippen molar-refractivity contribution in [2.24, 2.45) is 0 Å². The quantitative estimate of drug-likeness (QED) is 0.792. The summed E-state index contributed by atoms with van der Waals surface area (Å²) in [5, 5.41) is 15.9. The Balaban J connectivity index is 1.91. The molecule has 0 unspecified atom stereocenters. The minimum absolute atomic E-state index is 0.0819. The van der Waals surface area contributed by atoms with Gasteiger partial charge in [0.25, 0.3) is 0 Å². The zero-order chi connectivity index (χ0) is 13.0. The Morgan fingerprint density at radius 2 is 2.22 bits per heavy atom. The highest BCUT2D eigenvalue weighted by molar-refractivity contribution is 7.14. The summed E-state index contributed by atoms with van der Waals surface area (Å²) in [4.78, 5) is 22.4. The largest absolute Gasteiger partial charge is 0.478 e. The lowest BCUT2D eigenvalue weighted by atomic mass is 10.3. The predicted octanol–water partition coefficient (Wildman–Crippen LogP) is 2.36. The lowest BCUT2D eigenvalue weighted by molar-refractivity contribution is 0.0698. The molecule has 0 bridgehead atoms. The molecule has 0 saturated heterocycles. The Kier molecular flexibility index (Phi) is 3.63. The second-order valence-corrected chi connectivity index (χ2v) is 4.32. The fourth-order valence-corrected chi connectivity index (χ4v) is 2.07. The van der Waals surface area contributed by atoms with Crippen molar-refractivity contribution in [2.75, 3.05) is 5.32 Å². The molecule has 0 aliphatic heterocycles. The molecule has 3 N–H and O–H groups in total. The highest BCUT2D eigenvalue weighted by Crippen LogP contribution is 2.22. The first-order chi connectivity index (χ1) is 8.66. The Hall–Kier alpha value is -2.28. The molecule has 2 heterocycles. The van der Waals surface area contributed by atoms with Crippen LogP contribution in [0.25, 0.3) is 0 Å². The molecule has 2 amide bonds. The zero-order valence-corrected chi connectivity index (χ0v) is 9.99. The van der Waals surface area contributed by atoms with Gasteiger partial charge in [0.1, 0.15) is 5.00 Å². The summed E-state index contributed by atoms with van der Waals surface area (Å²) in [7, 11) is 0. The van der Waals surface area contributed by atoms with Crippen molar-refractivity contribution < 1.29 is 19.1 Å². The standard InChI is InChI=1S/C11H10N2O4S/c14-10(15)8-2-4-18-9(8)13-11(16)12-5-7-1-3-17-6-7/h1-4,6H,5H2,(H,14,15)(H2,12,13,16). The number of nitrogens with one attached hydrogen (secondary N) is 2. The fourth-order valence-electron chi connectivity index (χ4n) is 1.30. The molecule has 0 radical (unpaired) electrons. The van der Waals surface area contributed by atoms with Crippen molar-refractivity contribution in [3.8, 4) is 0 Å². The van der Waals surface area contributed by atoms with Crippen molar-refractivity contribution in [3.63, 3.8) is 0 Å². The molecular weight excluding hydrogens is 256 g/mol. The van der Waals surface area contributed by atoms with Gasteiger partial charge in [0.05, 0.1) is 18.1 Å². The maximum absolute atomic E-state index is 11.5. The molecule has 18 heavy (non-hydrogen) atoms. The van der Waals surface area contributed by atoms with E-state index in [1.54, 1.807) is 11.4 Å². The molecule has 0 aromatic carbocycles. The summed E-state index contributed by atoms with van der Waals surface area (Å²) in [6.45, 7) is 0.316. The number of carbonyl (C=O) groups is 2. The number of aromatic carboxylic acids is 1. The summed E-state index contributed by atoms with van der Waals surface area (Å²) in [6, 6.07) is 2.72. The third-order valence-electron chi connectivity index (χ3n) is 2.16. The zero-order valence-electron chi connectivity index (χ0n) is 9.17. The SMILES string of the molecule is O=C(NCc1ccoc1)Nc1sccc1C(=O)O. The van der Waals surface area contributed by atoms with E-state index in [-0.39, 0.29) is 5.56 Å². The molecule has 0 atom stereocenters. The van der Waals surface area contributed by atoms with Gasteiger partial charge in [-0.15, -0.1) is 11.3 Å². The van der Waals surface area contributed by atoms with Crippen LogP contribution in [-0.4, -0.2) is 17.1 Å². The predicted molar refractivity (Wildman–Crippen MR) is 65.8 cm³/mol. The molecule has 2 aromatic heterocycles. The van der Waals surface area contributed by atoms with E-state index in [4.69, 9.17) is 9.52 Å². The second-order valence-electron chi connectivity index (χ2n) is 3.41. The topological polar surface area (TPSA) is 91.6 Å². The smallest absolute Gasteiger partial charge is 0.338 e. The van der Waals surface area contributed by atoms with E-state index in [9.17, 15) is 9.59 Å². The first-order valence-electron chi connectivity index (χ1n) is 5.03. The molecule has 2 aromatic rings. The van der Waals surface area contributed by atoms with Gasteiger partial charge >= 0.3 is 12.0 Å². The average molecular weight is 266 g/mol. The number of rotatable bonds is 4. The van der Waals surface area contributed by atoms with E-state index in [2.05, 4.69) is 10.6 Å². The average Bonchev–Trinajstić information content (AvgIpc) is 2.96. The Morgan fingerprint density at radius 3 is 2.89 bits per heavy atom. The minimum Gasteiger partial charge on any atom is -0.478 e. The van der Waals surface area contributed by atoms with Gasteiger partial charge in [-0.2, -0.15) is 0 Å². The number of carbonyl (C=O) groups excluding carboxylic acids is 1. The third kappa shape index (κ3) is 2.89. The van der Waals surface area contributed by atoms with Crippen LogP contribution >= 0.6 is 11.3 Å². The van der Waals surface area contributed by atoms with E-state index in [0.717, 1.165) is 16.9 Å². The van der Waals surface area contributed by atoms with Crippen molar-refractivity contribution in [3.05, 3.63) is 41.2 Å². The molecule has 0 spiro atoms. The summed E-state index contributed by atoms with van der Waals surface area (Å²) in [5.41, 5.74) is 0.910. The molecule has 2 rings (SSSR count).